The number of thioether (sulfide) groups is 1. The third-order valence-corrected chi connectivity index (χ3v) is 7.20. The molecular formula is C24H29ClN4O3S. The van der Waals surface area contributed by atoms with E-state index in [1.165, 1.54) is 32.1 Å². The Morgan fingerprint density at radius 1 is 1.27 bits per heavy atom. The van der Waals surface area contributed by atoms with E-state index < -0.39 is 6.04 Å². The number of methoxy groups -OCH3 is 1. The Kier molecular flexibility index (Phi) is 8.11. The molecule has 33 heavy (non-hydrogen) atoms. The molecule has 7 nitrogen and oxygen atoms in total. The van der Waals surface area contributed by atoms with Crippen LogP contribution >= 0.6 is 23.4 Å². The van der Waals surface area contributed by atoms with Gasteiger partial charge in [-0.2, -0.15) is 0 Å². The van der Waals surface area contributed by atoms with Crippen molar-refractivity contribution in [2.24, 2.45) is 5.92 Å². The number of benzene rings is 1. The third kappa shape index (κ3) is 5.99. The molecule has 1 amide bonds. The summed E-state index contributed by atoms with van der Waals surface area (Å²) in [4.78, 5) is 12.8. The van der Waals surface area contributed by atoms with Gasteiger partial charge in [-0.15, -0.1) is 10.2 Å². The molecule has 1 fully saturated rings. The van der Waals surface area contributed by atoms with Gasteiger partial charge in [-0.1, -0.05) is 48.7 Å². The van der Waals surface area contributed by atoms with Crippen molar-refractivity contribution < 1.29 is 13.9 Å². The van der Waals surface area contributed by atoms with Gasteiger partial charge in [-0.05, 0) is 56.0 Å². The van der Waals surface area contributed by atoms with Crippen LogP contribution in [0.5, 0.6) is 0 Å². The monoisotopic (exact) mass is 488 g/mol. The van der Waals surface area contributed by atoms with E-state index in [1.807, 2.05) is 35.8 Å². The predicted molar refractivity (Wildman–Crippen MR) is 129 cm³/mol. The molecule has 0 aliphatic heterocycles. The first-order valence-electron chi connectivity index (χ1n) is 11.3. The highest BCUT2D eigenvalue weighted by molar-refractivity contribution is 7.99. The standard InChI is InChI=1S/C24H29ClN4O3S/c1-16(26-23(30)21-12-11-20(32-21)14-31-2)22-27-28-24(33-15-17-7-4-3-5-8-17)29(22)19-10-6-9-18(25)13-19/h6,9-13,16-17H,3-5,7-8,14-15H2,1-2H3,(H,26,30). The van der Waals surface area contributed by atoms with Crippen molar-refractivity contribution in [2.75, 3.05) is 12.9 Å². The van der Waals surface area contributed by atoms with Gasteiger partial charge in [0.05, 0.1) is 11.7 Å². The van der Waals surface area contributed by atoms with Gasteiger partial charge in [0.25, 0.3) is 5.91 Å². The predicted octanol–water partition coefficient (Wildman–Crippen LogP) is 5.82. The molecule has 1 aromatic carbocycles. The summed E-state index contributed by atoms with van der Waals surface area (Å²) in [6.07, 6.45) is 6.49. The highest BCUT2D eigenvalue weighted by atomic mass is 35.5. The van der Waals surface area contributed by atoms with E-state index in [2.05, 4.69) is 15.5 Å². The fourth-order valence-corrected chi connectivity index (χ4v) is 5.44. The number of furan rings is 1. The number of hydrogen-bond donors (Lipinski definition) is 1. The first kappa shape index (κ1) is 23.9. The zero-order chi connectivity index (χ0) is 23.2. The van der Waals surface area contributed by atoms with E-state index in [4.69, 9.17) is 20.8 Å². The van der Waals surface area contributed by atoms with Crippen molar-refractivity contribution in [3.05, 3.63) is 58.8 Å². The molecule has 1 N–H and O–H groups in total. The van der Waals surface area contributed by atoms with E-state index in [0.29, 0.717) is 29.1 Å². The van der Waals surface area contributed by atoms with Gasteiger partial charge in [-0.25, -0.2) is 0 Å². The molecule has 9 heteroatoms. The normalized spacial score (nSPS) is 15.5. The largest absolute Gasteiger partial charge is 0.453 e. The lowest BCUT2D eigenvalue weighted by Gasteiger charge is -2.21. The van der Waals surface area contributed by atoms with E-state index in [9.17, 15) is 4.79 Å². The molecule has 1 atom stereocenters. The topological polar surface area (TPSA) is 82.2 Å². The molecule has 2 aromatic heterocycles. The molecule has 1 aliphatic rings. The van der Waals surface area contributed by atoms with Crippen LogP contribution in [0.3, 0.4) is 0 Å². The van der Waals surface area contributed by atoms with Crippen LogP contribution in [-0.2, 0) is 11.3 Å². The minimum atomic E-state index is -0.399. The maximum Gasteiger partial charge on any atom is 0.287 e. The molecule has 0 radical (unpaired) electrons. The van der Waals surface area contributed by atoms with Crippen LogP contribution in [0.2, 0.25) is 5.02 Å². The molecule has 0 bridgehead atoms. The van der Waals surface area contributed by atoms with Crippen LogP contribution in [0.15, 0.2) is 46.0 Å². The molecule has 176 valence electrons. The van der Waals surface area contributed by atoms with Crippen molar-refractivity contribution >= 4 is 29.3 Å². The number of hydrogen-bond acceptors (Lipinski definition) is 6. The summed E-state index contributed by atoms with van der Waals surface area (Å²) in [5.74, 6) is 2.86. The Morgan fingerprint density at radius 2 is 2.09 bits per heavy atom. The van der Waals surface area contributed by atoms with E-state index in [-0.39, 0.29) is 11.7 Å². The van der Waals surface area contributed by atoms with Crippen LogP contribution in [0.4, 0.5) is 0 Å². The zero-order valence-electron chi connectivity index (χ0n) is 18.9. The molecule has 1 saturated carbocycles. The summed E-state index contributed by atoms with van der Waals surface area (Å²) in [6.45, 7) is 2.20. The summed E-state index contributed by atoms with van der Waals surface area (Å²) < 4.78 is 12.6. The molecular weight excluding hydrogens is 460 g/mol. The van der Waals surface area contributed by atoms with Crippen LogP contribution in [0.1, 0.15) is 67.2 Å². The van der Waals surface area contributed by atoms with Crippen molar-refractivity contribution in [2.45, 2.75) is 56.8 Å². The van der Waals surface area contributed by atoms with Gasteiger partial charge in [0.2, 0.25) is 0 Å². The zero-order valence-corrected chi connectivity index (χ0v) is 20.5. The lowest BCUT2D eigenvalue weighted by molar-refractivity contribution is 0.0901. The number of halogens is 1. The molecule has 4 rings (SSSR count). The van der Waals surface area contributed by atoms with Crippen LogP contribution in [-0.4, -0.2) is 33.5 Å². The van der Waals surface area contributed by atoms with Crippen LogP contribution in [0.25, 0.3) is 5.69 Å². The Balaban J connectivity index is 1.55. The smallest absolute Gasteiger partial charge is 0.287 e. The van der Waals surface area contributed by atoms with Gasteiger partial charge >= 0.3 is 0 Å². The first-order chi connectivity index (χ1) is 16.0. The highest BCUT2D eigenvalue weighted by Gasteiger charge is 2.24. The maximum atomic E-state index is 12.8. The number of nitrogens with one attached hydrogen (secondary N) is 1. The van der Waals surface area contributed by atoms with Crippen LogP contribution in [0, 0.1) is 5.92 Å². The summed E-state index contributed by atoms with van der Waals surface area (Å²) in [6, 6.07) is 10.6. The fourth-order valence-electron chi connectivity index (χ4n) is 4.11. The Labute approximate surface area is 203 Å². The SMILES string of the molecule is COCc1ccc(C(=O)NC(C)c2nnc(SCC3CCCCC3)n2-c2cccc(Cl)c2)o1. The Bertz CT molecular complexity index is 1080. The third-order valence-electron chi connectivity index (χ3n) is 5.80. The summed E-state index contributed by atoms with van der Waals surface area (Å²) in [5.41, 5.74) is 0.870. The minimum Gasteiger partial charge on any atom is -0.453 e. The molecule has 1 aliphatic carbocycles. The van der Waals surface area contributed by atoms with Gasteiger partial charge in [-0.3, -0.25) is 9.36 Å². The van der Waals surface area contributed by atoms with E-state index in [0.717, 1.165) is 16.6 Å². The van der Waals surface area contributed by atoms with Gasteiger partial charge in [0.1, 0.15) is 12.4 Å². The molecule has 2 heterocycles. The fraction of sp³-hybridized carbons (Fsp3) is 0.458. The average Bonchev–Trinajstić information content (AvgIpc) is 3.46. The second-order valence-corrected chi connectivity index (χ2v) is 9.79. The minimum absolute atomic E-state index is 0.231. The number of carbonyl (C=O) groups is 1. The molecule has 0 saturated heterocycles. The van der Waals surface area contributed by atoms with Gasteiger partial charge < -0.3 is 14.5 Å². The number of ether oxygens (including phenoxy) is 1. The number of aromatic nitrogens is 3. The second kappa shape index (κ2) is 11.2. The Hall–Kier alpha value is -2.29. The molecule has 3 aromatic rings. The van der Waals surface area contributed by atoms with E-state index in [1.54, 1.807) is 31.0 Å². The molecule has 1 unspecified atom stereocenters. The summed E-state index contributed by atoms with van der Waals surface area (Å²) in [7, 11) is 1.58. The van der Waals surface area contributed by atoms with Crippen molar-refractivity contribution in [1.29, 1.82) is 0 Å². The number of carbonyl (C=O) groups excluding carboxylic acids is 1. The van der Waals surface area contributed by atoms with Crippen LogP contribution < -0.4 is 5.32 Å². The second-order valence-electron chi connectivity index (χ2n) is 8.37. The number of rotatable bonds is 9. The highest BCUT2D eigenvalue weighted by Crippen LogP contribution is 2.32. The number of amides is 1. The van der Waals surface area contributed by atoms with Gasteiger partial charge in [0.15, 0.2) is 16.7 Å². The lowest BCUT2D eigenvalue weighted by Crippen LogP contribution is -2.28. The number of nitrogens with zero attached hydrogens (tertiary/aromatic N) is 3. The van der Waals surface area contributed by atoms with Crippen molar-refractivity contribution in [3.63, 3.8) is 0 Å². The maximum absolute atomic E-state index is 12.8. The first-order valence-corrected chi connectivity index (χ1v) is 12.6. The van der Waals surface area contributed by atoms with E-state index >= 15 is 0 Å². The average molecular weight is 489 g/mol. The van der Waals surface area contributed by atoms with Gasteiger partial charge in [0, 0.05) is 17.9 Å². The lowest BCUT2D eigenvalue weighted by atomic mass is 9.91. The van der Waals surface area contributed by atoms with Crippen molar-refractivity contribution in [3.8, 4) is 5.69 Å². The summed E-state index contributed by atoms with van der Waals surface area (Å²) >= 11 is 8.00. The quantitative estimate of drug-likeness (QED) is 0.382. The molecule has 0 spiro atoms. The Morgan fingerprint density at radius 3 is 2.85 bits per heavy atom. The van der Waals surface area contributed by atoms with Crippen molar-refractivity contribution in [1.82, 2.24) is 20.1 Å². The summed E-state index contributed by atoms with van der Waals surface area (Å²) in [5, 5.41) is 13.3.